The third-order valence-electron chi connectivity index (χ3n) is 1.61. The third kappa shape index (κ3) is 2.45. The normalized spacial score (nSPS) is 9.38. The average Bonchev–Trinajstić information content (AvgIpc) is 2.18. The maximum Gasteiger partial charge on any atom is 0.432 e. The van der Waals surface area contributed by atoms with Crippen LogP contribution in [0.15, 0.2) is 30.3 Å². The molecule has 0 spiro atoms. The summed E-state index contributed by atoms with van der Waals surface area (Å²) in [5.41, 5.74) is 3.12. The molecule has 0 atom stereocenters. The molecular weight excluding hydrogens is 168 g/mol. The number of hydrogen-bond donors (Lipinski definition) is 1. The zero-order valence-corrected chi connectivity index (χ0v) is 7.65. The molecule has 0 saturated carbocycles. The number of carbonyl (C=O) groups excluding carboxylic acids is 1. The predicted molar refractivity (Wildman–Crippen MR) is 50.4 cm³/mol. The van der Waals surface area contributed by atoms with Crippen molar-refractivity contribution in [2.24, 2.45) is 0 Å². The van der Waals surface area contributed by atoms with Crippen molar-refractivity contribution in [1.29, 1.82) is 0 Å². The molecule has 0 aliphatic carbocycles. The number of carbonyl (C=O) groups is 1. The van der Waals surface area contributed by atoms with E-state index in [1.54, 1.807) is 7.05 Å². The van der Waals surface area contributed by atoms with Crippen molar-refractivity contribution in [1.82, 2.24) is 5.48 Å². The molecule has 0 aliphatic heterocycles. The number of amides is 1. The van der Waals surface area contributed by atoms with Crippen molar-refractivity contribution in [2.45, 2.75) is 0 Å². The van der Waals surface area contributed by atoms with E-state index in [4.69, 9.17) is 0 Å². The summed E-state index contributed by atoms with van der Waals surface area (Å²) >= 11 is 0. The summed E-state index contributed by atoms with van der Waals surface area (Å²) in [7, 11) is 3.19. The summed E-state index contributed by atoms with van der Waals surface area (Å²) in [5, 5.41) is 0. The summed E-state index contributed by atoms with van der Waals surface area (Å²) < 4.78 is 0. The van der Waals surface area contributed by atoms with E-state index in [0.717, 1.165) is 5.69 Å². The lowest BCUT2D eigenvalue weighted by molar-refractivity contribution is 0.111. The fourth-order valence-corrected chi connectivity index (χ4v) is 0.913. The van der Waals surface area contributed by atoms with Crippen LogP contribution in [0, 0.1) is 0 Å². The van der Waals surface area contributed by atoms with Crippen LogP contribution < -0.4 is 10.4 Å². The third-order valence-corrected chi connectivity index (χ3v) is 1.61. The number of nitrogens with one attached hydrogen (secondary N) is 1. The highest BCUT2D eigenvalue weighted by Crippen LogP contribution is 2.11. The number of hydrogen-bond acceptors (Lipinski definition) is 3. The minimum atomic E-state index is -0.436. The van der Waals surface area contributed by atoms with Crippen LogP contribution in [0.3, 0.4) is 0 Å². The van der Waals surface area contributed by atoms with Crippen molar-refractivity contribution >= 4 is 11.8 Å². The monoisotopic (exact) mass is 180 g/mol. The Hall–Kier alpha value is -1.55. The summed E-state index contributed by atoms with van der Waals surface area (Å²) in [5.74, 6) is 0. The van der Waals surface area contributed by atoms with E-state index in [9.17, 15) is 4.79 Å². The molecule has 0 unspecified atom stereocenters. The molecule has 13 heavy (non-hydrogen) atoms. The fraction of sp³-hybridized carbons (Fsp3) is 0.222. The first-order valence-corrected chi connectivity index (χ1v) is 3.92. The van der Waals surface area contributed by atoms with Crippen LogP contribution >= 0.6 is 0 Å². The number of para-hydroxylation sites is 1. The second-order valence-corrected chi connectivity index (χ2v) is 2.47. The van der Waals surface area contributed by atoms with E-state index < -0.39 is 6.09 Å². The first-order valence-electron chi connectivity index (χ1n) is 3.92. The SMILES string of the molecule is CNOC(=O)N(C)c1ccccc1. The Bertz CT molecular complexity index is 274. The van der Waals surface area contributed by atoms with Gasteiger partial charge in [-0.2, -0.15) is 5.48 Å². The lowest BCUT2D eigenvalue weighted by Gasteiger charge is -2.15. The maximum atomic E-state index is 11.2. The van der Waals surface area contributed by atoms with E-state index in [1.165, 1.54) is 11.9 Å². The van der Waals surface area contributed by atoms with Crippen LogP contribution in [0.2, 0.25) is 0 Å². The van der Waals surface area contributed by atoms with Crippen LogP contribution in [0.5, 0.6) is 0 Å². The number of hydroxylamine groups is 1. The molecule has 1 N–H and O–H groups in total. The van der Waals surface area contributed by atoms with Crippen molar-refractivity contribution in [3.05, 3.63) is 30.3 Å². The molecule has 0 radical (unpaired) electrons. The first kappa shape index (κ1) is 9.54. The van der Waals surface area contributed by atoms with Crippen LogP contribution in [0.4, 0.5) is 10.5 Å². The molecule has 0 bridgehead atoms. The Balaban J connectivity index is 2.68. The fourth-order valence-electron chi connectivity index (χ4n) is 0.913. The predicted octanol–water partition coefficient (Wildman–Crippen LogP) is 1.39. The van der Waals surface area contributed by atoms with Gasteiger partial charge in [0.05, 0.1) is 0 Å². The highest BCUT2D eigenvalue weighted by atomic mass is 16.7. The Morgan fingerprint density at radius 1 is 1.38 bits per heavy atom. The second-order valence-electron chi connectivity index (χ2n) is 2.47. The quantitative estimate of drug-likeness (QED) is 0.699. The van der Waals surface area contributed by atoms with Crippen molar-refractivity contribution < 1.29 is 9.63 Å². The van der Waals surface area contributed by atoms with Gasteiger partial charge in [-0.1, -0.05) is 18.2 Å². The van der Waals surface area contributed by atoms with Gasteiger partial charge in [-0.15, -0.1) is 0 Å². The van der Waals surface area contributed by atoms with Gasteiger partial charge in [0, 0.05) is 19.8 Å². The number of rotatable bonds is 2. The summed E-state index contributed by atoms with van der Waals surface area (Å²) in [4.78, 5) is 17.2. The van der Waals surface area contributed by atoms with E-state index in [2.05, 4.69) is 10.3 Å². The van der Waals surface area contributed by atoms with Crippen LogP contribution in [0.1, 0.15) is 0 Å². The topological polar surface area (TPSA) is 41.6 Å². The largest absolute Gasteiger partial charge is 0.432 e. The van der Waals surface area contributed by atoms with Gasteiger partial charge in [-0.05, 0) is 12.1 Å². The van der Waals surface area contributed by atoms with Gasteiger partial charge in [0.1, 0.15) is 0 Å². The van der Waals surface area contributed by atoms with Crippen molar-refractivity contribution in [3.63, 3.8) is 0 Å². The highest BCUT2D eigenvalue weighted by Gasteiger charge is 2.10. The molecule has 0 aromatic heterocycles. The minimum Gasteiger partial charge on any atom is -0.354 e. The molecule has 4 heteroatoms. The summed E-state index contributed by atoms with van der Waals surface area (Å²) in [6.07, 6.45) is -0.436. The standard InChI is InChI=1S/C9H12N2O2/c1-10-13-9(12)11(2)8-6-4-3-5-7-8/h3-7,10H,1-2H3. The minimum absolute atomic E-state index is 0.436. The van der Waals surface area contributed by atoms with Crippen molar-refractivity contribution in [2.75, 3.05) is 19.0 Å². The number of benzene rings is 1. The molecule has 0 aliphatic rings. The van der Waals surface area contributed by atoms with E-state index in [-0.39, 0.29) is 0 Å². The summed E-state index contributed by atoms with van der Waals surface area (Å²) in [6.45, 7) is 0. The Morgan fingerprint density at radius 3 is 2.54 bits per heavy atom. The molecular formula is C9H12N2O2. The maximum absolute atomic E-state index is 11.2. The van der Waals surface area contributed by atoms with E-state index in [1.807, 2.05) is 30.3 Å². The van der Waals surface area contributed by atoms with Gasteiger partial charge >= 0.3 is 6.09 Å². The lowest BCUT2D eigenvalue weighted by Crippen LogP contribution is -2.30. The Morgan fingerprint density at radius 2 is 2.00 bits per heavy atom. The molecule has 1 aromatic carbocycles. The van der Waals surface area contributed by atoms with Gasteiger partial charge < -0.3 is 4.84 Å². The molecule has 0 fully saturated rings. The molecule has 0 heterocycles. The lowest BCUT2D eigenvalue weighted by atomic mass is 10.3. The second kappa shape index (κ2) is 4.47. The van der Waals surface area contributed by atoms with Gasteiger partial charge in [0.15, 0.2) is 0 Å². The number of anilines is 1. The Kier molecular flexibility index (Phi) is 3.28. The molecule has 4 nitrogen and oxygen atoms in total. The summed E-state index contributed by atoms with van der Waals surface area (Å²) in [6, 6.07) is 9.27. The van der Waals surface area contributed by atoms with E-state index in [0.29, 0.717) is 0 Å². The zero-order valence-electron chi connectivity index (χ0n) is 7.65. The average molecular weight is 180 g/mol. The van der Waals surface area contributed by atoms with E-state index >= 15 is 0 Å². The molecule has 70 valence electrons. The van der Waals surface area contributed by atoms with Crippen LogP contribution in [-0.4, -0.2) is 20.2 Å². The van der Waals surface area contributed by atoms with Gasteiger partial charge in [-0.3, -0.25) is 4.90 Å². The smallest absolute Gasteiger partial charge is 0.354 e. The van der Waals surface area contributed by atoms with Gasteiger partial charge in [0.2, 0.25) is 0 Å². The van der Waals surface area contributed by atoms with Gasteiger partial charge in [0.25, 0.3) is 0 Å². The molecule has 1 aromatic rings. The zero-order chi connectivity index (χ0) is 9.68. The first-order chi connectivity index (χ1) is 6.25. The molecule has 0 saturated heterocycles. The Labute approximate surface area is 77.1 Å². The van der Waals surface area contributed by atoms with Crippen LogP contribution in [0.25, 0.3) is 0 Å². The molecule has 1 rings (SSSR count). The molecule has 1 amide bonds. The van der Waals surface area contributed by atoms with Crippen LogP contribution in [-0.2, 0) is 4.84 Å². The number of nitrogens with zero attached hydrogens (tertiary/aromatic N) is 1. The highest BCUT2D eigenvalue weighted by molar-refractivity contribution is 5.86. The van der Waals surface area contributed by atoms with Crippen molar-refractivity contribution in [3.8, 4) is 0 Å². The van der Waals surface area contributed by atoms with Gasteiger partial charge in [-0.25, -0.2) is 4.79 Å².